The molecule has 0 aromatic carbocycles. The smallest absolute Gasteiger partial charge is 0.157 e. The Hall–Kier alpha value is -1.11. The van der Waals surface area contributed by atoms with Crippen molar-refractivity contribution < 1.29 is 9.47 Å². The number of nitrogens with zero attached hydrogens (tertiary/aromatic N) is 3. The van der Waals surface area contributed by atoms with Crippen molar-refractivity contribution in [2.45, 2.75) is 19.1 Å². The summed E-state index contributed by atoms with van der Waals surface area (Å²) in [5.41, 5.74) is 0.745. The molecule has 0 aliphatic carbocycles. The number of hydrogen-bond donors (Lipinski definition) is 1. The Labute approximate surface area is 118 Å². The fraction of sp³-hybridized carbons (Fsp3) is 0.667. The second-order valence-corrected chi connectivity index (χ2v) is 4.90. The number of ether oxygens (including phenoxy) is 2. The molecule has 0 spiro atoms. The number of rotatable bonds is 4. The molecule has 1 N–H and O–H groups in total. The number of nitrogens with one attached hydrogen (secondary N) is 1. The average Bonchev–Trinajstić information content (AvgIpc) is 2.38. The highest BCUT2D eigenvalue weighted by Crippen LogP contribution is 2.30. The van der Waals surface area contributed by atoms with Crippen LogP contribution in [0.1, 0.15) is 6.92 Å². The van der Waals surface area contributed by atoms with Gasteiger partial charge in [-0.15, -0.1) is 0 Å². The third kappa shape index (κ3) is 3.26. The highest BCUT2D eigenvalue weighted by molar-refractivity contribution is 6.32. The van der Waals surface area contributed by atoms with E-state index in [2.05, 4.69) is 20.2 Å². The first-order chi connectivity index (χ1) is 9.15. The van der Waals surface area contributed by atoms with Crippen LogP contribution in [0.15, 0.2) is 6.33 Å². The van der Waals surface area contributed by atoms with E-state index in [9.17, 15) is 0 Å². The van der Waals surface area contributed by atoms with Crippen LogP contribution in [-0.4, -0.2) is 56.0 Å². The first-order valence-corrected chi connectivity index (χ1v) is 6.61. The van der Waals surface area contributed by atoms with Gasteiger partial charge in [-0.1, -0.05) is 11.6 Å². The minimum absolute atomic E-state index is 0.0344. The van der Waals surface area contributed by atoms with Crippen LogP contribution < -0.4 is 10.2 Å². The first kappa shape index (κ1) is 14.3. The molecule has 2 atom stereocenters. The van der Waals surface area contributed by atoms with E-state index < -0.39 is 0 Å². The Kier molecular flexibility index (Phi) is 4.79. The van der Waals surface area contributed by atoms with E-state index in [0.717, 1.165) is 24.6 Å². The van der Waals surface area contributed by atoms with Gasteiger partial charge >= 0.3 is 0 Å². The van der Waals surface area contributed by atoms with Gasteiger partial charge in [-0.3, -0.25) is 0 Å². The molecular formula is C12H19ClN4O2. The minimum atomic E-state index is 0.0344. The van der Waals surface area contributed by atoms with E-state index in [1.54, 1.807) is 7.11 Å². The number of hydrogen-bond acceptors (Lipinski definition) is 6. The molecule has 2 heterocycles. The topological polar surface area (TPSA) is 59.5 Å². The van der Waals surface area contributed by atoms with Crippen molar-refractivity contribution in [2.75, 3.05) is 44.1 Å². The van der Waals surface area contributed by atoms with Crippen molar-refractivity contribution in [3.8, 4) is 0 Å². The van der Waals surface area contributed by atoms with E-state index >= 15 is 0 Å². The predicted octanol–water partition coefficient (Wildman–Crippen LogP) is 1.41. The standard InChI is InChI=1S/C12H19ClN4O2/c1-8-4-17(5-9(19-8)6-18-3)12-10(14-2)11(13)15-7-16-12/h7-9,14H,4-6H2,1-3H3. The molecule has 19 heavy (non-hydrogen) atoms. The molecule has 7 heteroatoms. The fourth-order valence-corrected chi connectivity index (χ4v) is 2.53. The van der Waals surface area contributed by atoms with Crippen LogP contribution in [0.2, 0.25) is 5.15 Å². The lowest BCUT2D eigenvalue weighted by Crippen LogP contribution is -2.48. The summed E-state index contributed by atoms with van der Waals surface area (Å²) in [6.07, 6.45) is 1.63. The molecular weight excluding hydrogens is 268 g/mol. The molecule has 2 unspecified atom stereocenters. The molecule has 0 saturated carbocycles. The van der Waals surface area contributed by atoms with Crippen LogP contribution in [0, 0.1) is 0 Å². The molecule has 0 bridgehead atoms. The van der Waals surface area contributed by atoms with Gasteiger partial charge in [0.2, 0.25) is 0 Å². The Morgan fingerprint density at radius 3 is 3.00 bits per heavy atom. The zero-order chi connectivity index (χ0) is 13.8. The van der Waals surface area contributed by atoms with Gasteiger partial charge in [0.25, 0.3) is 0 Å². The van der Waals surface area contributed by atoms with Gasteiger partial charge < -0.3 is 19.7 Å². The lowest BCUT2D eigenvalue weighted by molar-refractivity contribution is -0.0512. The van der Waals surface area contributed by atoms with Gasteiger partial charge in [-0.25, -0.2) is 9.97 Å². The Bertz CT molecular complexity index is 432. The maximum atomic E-state index is 6.09. The SMILES string of the molecule is CNc1c(Cl)ncnc1N1CC(C)OC(COC)C1. The molecule has 106 valence electrons. The Morgan fingerprint density at radius 2 is 2.32 bits per heavy atom. The third-order valence-electron chi connectivity index (χ3n) is 3.01. The monoisotopic (exact) mass is 286 g/mol. The van der Waals surface area contributed by atoms with Crippen molar-refractivity contribution in [3.63, 3.8) is 0 Å². The van der Waals surface area contributed by atoms with Crippen molar-refractivity contribution in [3.05, 3.63) is 11.5 Å². The van der Waals surface area contributed by atoms with Gasteiger partial charge in [-0.2, -0.15) is 0 Å². The summed E-state index contributed by atoms with van der Waals surface area (Å²) in [4.78, 5) is 10.5. The Morgan fingerprint density at radius 1 is 1.53 bits per heavy atom. The first-order valence-electron chi connectivity index (χ1n) is 6.23. The lowest BCUT2D eigenvalue weighted by atomic mass is 10.2. The summed E-state index contributed by atoms with van der Waals surface area (Å²) < 4.78 is 11.0. The molecule has 0 radical (unpaired) electrons. The second-order valence-electron chi connectivity index (χ2n) is 4.54. The number of halogens is 1. The number of methoxy groups -OCH3 is 1. The molecule has 1 fully saturated rings. The molecule has 1 saturated heterocycles. The second kappa shape index (κ2) is 6.36. The molecule has 1 aliphatic heterocycles. The number of morpholine rings is 1. The highest BCUT2D eigenvalue weighted by Gasteiger charge is 2.28. The van der Waals surface area contributed by atoms with E-state index in [1.165, 1.54) is 6.33 Å². The van der Waals surface area contributed by atoms with Crippen LogP contribution in [0.4, 0.5) is 11.5 Å². The molecule has 1 aliphatic rings. The van der Waals surface area contributed by atoms with Crippen LogP contribution in [0.25, 0.3) is 0 Å². The maximum Gasteiger partial charge on any atom is 0.157 e. The van der Waals surface area contributed by atoms with Gasteiger partial charge in [0.15, 0.2) is 11.0 Å². The van der Waals surface area contributed by atoms with Crippen molar-refractivity contribution in [1.29, 1.82) is 0 Å². The molecule has 2 rings (SSSR count). The van der Waals surface area contributed by atoms with Gasteiger partial charge in [0, 0.05) is 27.2 Å². The summed E-state index contributed by atoms with van der Waals surface area (Å²) >= 11 is 6.09. The van der Waals surface area contributed by atoms with Crippen molar-refractivity contribution in [2.24, 2.45) is 0 Å². The molecule has 6 nitrogen and oxygen atoms in total. The van der Waals surface area contributed by atoms with E-state index in [4.69, 9.17) is 21.1 Å². The van der Waals surface area contributed by atoms with E-state index in [1.807, 2.05) is 14.0 Å². The summed E-state index contributed by atoms with van der Waals surface area (Å²) in [5.74, 6) is 0.804. The zero-order valence-corrected chi connectivity index (χ0v) is 12.1. The summed E-state index contributed by atoms with van der Waals surface area (Å²) in [5, 5.41) is 3.48. The minimum Gasteiger partial charge on any atom is -0.383 e. The summed E-state index contributed by atoms with van der Waals surface area (Å²) in [7, 11) is 3.48. The van der Waals surface area contributed by atoms with Crippen LogP contribution in [0.5, 0.6) is 0 Å². The largest absolute Gasteiger partial charge is 0.383 e. The van der Waals surface area contributed by atoms with Crippen LogP contribution >= 0.6 is 11.6 Å². The zero-order valence-electron chi connectivity index (χ0n) is 11.4. The number of anilines is 2. The summed E-state index contributed by atoms with van der Waals surface area (Å²) in [6.45, 7) is 4.09. The quantitative estimate of drug-likeness (QED) is 0.845. The van der Waals surface area contributed by atoms with Crippen molar-refractivity contribution >= 4 is 23.1 Å². The Balaban J connectivity index is 2.23. The van der Waals surface area contributed by atoms with Gasteiger partial charge in [-0.05, 0) is 6.92 Å². The van der Waals surface area contributed by atoms with E-state index in [0.29, 0.717) is 11.8 Å². The van der Waals surface area contributed by atoms with Crippen LogP contribution in [-0.2, 0) is 9.47 Å². The maximum absolute atomic E-state index is 6.09. The highest BCUT2D eigenvalue weighted by atomic mass is 35.5. The molecule has 0 amide bonds. The van der Waals surface area contributed by atoms with Gasteiger partial charge in [0.1, 0.15) is 12.0 Å². The number of aromatic nitrogens is 2. The van der Waals surface area contributed by atoms with Gasteiger partial charge in [0.05, 0.1) is 18.8 Å². The fourth-order valence-electron chi connectivity index (χ4n) is 2.31. The van der Waals surface area contributed by atoms with E-state index in [-0.39, 0.29) is 12.2 Å². The van der Waals surface area contributed by atoms with Crippen LogP contribution in [0.3, 0.4) is 0 Å². The lowest BCUT2D eigenvalue weighted by Gasteiger charge is -2.37. The normalized spacial score (nSPS) is 23.5. The third-order valence-corrected chi connectivity index (χ3v) is 3.30. The van der Waals surface area contributed by atoms with Crippen molar-refractivity contribution in [1.82, 2.24) is 9.97 Å². The molecule has 1 aromatic heterocycles. The average molecular weight is 287 g/mol. The molecule has 1 aromatic rings. The predicted molar refractivity (Wildman–Crippen MR) is 75.0 cm³/mol. The summed E-state index contributed by atoms with van der Waals surface area (Å²) in [6, 6.07) is 0.